The summed E-state index contributed by atoms with van der Waals surface area (Å²) in [5, 5.41) is 7.33. The van der Waals surface area contributed by atoms with Crippen molar-refractivity contribution in [1.82, 2.24) is 9.55 Å². The predicted octanol–water partition coefficient (Wildman–Crippen LogP) is -0.390. The fourth-order valence-electron chi connectivity index (χ4n) is 6.73. The molecule has 3 heterocycles. The van der Waals surface area contributed by atoms with Crippen LogP contribution < -0.4 is 27.3 Å². The van der Waals surface area contributed by atoms with Gasteiger partial charge in [0.1, 0.15) is 50.4 Å². The quantitative estimate of drug-likeness (QED) is 0.319. The van der Waals surface area contributed by atoms with Gasteiger partial charge in [-0.25, -0.2) is 0 Å². The van der Waals surface area contributed by atoms with Gasteiger partial charge in [-0.15, -0.1) is 5.46 Å². The first-order valence-corrected chi connectivity index (χ1v) is 13.3. The third-order valence-corrected chi connectivity index (χ3v) is 9.08. The molecule has 0 amide bonds. The number of nitrogens with zero attached hydrogens (tertiary/aromatic N) is 1. The van der Waals surface area contributed by atoms with Crippen molar-refractivity contribution in [2.75, 3.05) is 0 Å². The van der Waals surface area contributed by atoms with Crippen LogP contribution in [-0.2, 0) is 0 Å². The summed E-state index contributed by atoms with van der Waals surface area (Å²) in [6.07, 6.45) is 0. The molecule has 0 atom stereocenters. The molecule has 3 nitrogen and oxygen atoms in total. The van der Waals surface area contributed by atoms with Crippen LogP contribution in [0.1, 0.15) is 0 Å². The van der Waals surface area contributed by atoms with Crippen LogP contribution in [0.25, 0.3) is 71.2 Å². The maximum absolute atomic E-state index is 6.57. The van der Waals surface area contributed by atoms with Gasteiger partial charge < -0.3 is 14.0 Å². The van der Waals surface area contributed by atoms with Crippen molar-refractivity contribution >= 4 is 132 Å². The van der Waals surface area contributed by atoms with Crippen LogP contribution in [-0.4, -0.2) is 48.8 Å². The maximum atomic E-state index is 6.57. The number of hydrogen-bond donors (Lipinski definition) is 1. The van der Waals surface area contributed by atoms with Gasteiger partial charge in [0.15, 0.2) is 0 Å². The Morgan fingerprint density at radius 2 is 1.21 bits per heavy atom. The van der Waals surface area contributed by atoms with Gasteiger partial charge in [-0.1, -0.05) is 58.2 Å². The zero-order chi connectivity index (χ0) is 25.9. The number of rotatable bonds is 1. The summed E-state index contributed by atoms with van der Waals surface area (Å²) in [5.74, 6) is 0. The fraction of sp³-hybridized carbons (Fsp3) is 0. The lowest BCUT2D eigenvalue weighted by molar-refractivity contribution is 0.669. The lowest BCUT2D eigenvalue weighted by Crippen LogP contribution is -2.56. The molecular weight excluding hydrogens is 458 g/mol. The minimum atomic E-state index is 0.921. The highest BCUT2D eigenvalue weighted by atomic mass is 16.3. The summed E-state index contributed by atoms with van der Waals surface area (Å²) in [4.78, 5) is 3.60. The highest BCUT2D eigenvalue weighted by molar-refractivity contribution is 6.68. The summed E-state index contributed by atoms with van der Waals surface area (Å²) in [6, 6.07) is 26.2. The topological polar surface area (TPSA) is 33.9 Å². The van der Waals surface area contributed by atoms with Crippen molar-refractivity contribution < 1.29 is 4.42 Å². The van der Waals surface area contributed by atoms with Gasteiger partial charge in [0, 0.05) is 55.1 Å². The van der Waals surface area contributed by atoms with E-state index in [1.807, 2.05) is 0 Å². The summed E-state index contributed by atoms with van der Waals surface area (Å²) >= 11 is 0. The van der Waals surface area contributed by atoms with Crippen LogP contribution in [0.15, 0.2) is 77.2 Å². The van der Waals surface area contributed by atoms with Gasteiger partial charge >= 0.3 is 0 Å². The molecule has 0 radical (unpaired) electrons. The van der Waals surface area contributed by atoms with E-state index in [0.717, 1.165) is 27.6 Å². The Morgan fingerprint density at radius 3 is 2.00 bits per heavy atom. The number of hydrogen-bond acceptors (Lipinski definition) is 1. The highest BCUT2D eigenvalue weighted by Gasteiger charge is 2.21. The van der Waals surface area contributed by atoms with E-state index in [9.17, 15) is 0 Å². The molecule has 8 aromatic rings. The molecule has 0 spiro atoms. The average Bonchev–Trinajstić information content (AvgIpc) is 3.59. The molecule has 0 saturated carbocycles. The molecule has 0 aliphatic heterocycles. The summed E-state index contributed by atoms with van der Waals surface area (Å²) < 4.78 is 9.03. The molecule has 8 rings (SSSR count). The zero-order valence-electron chi connectivity index (χ0n) is 22.3. The van der Waals surface area contributed by atoms with Crippen molar-refractivity contribution in [3.63, 3.8) is 0 Å². The van der Waals surface area contributed by atoms with E-state index in [2.05, 4.69) is 122 Å². The number of fused-ring (bicyclic) bond motifs is 10. The molecule has 38 heavy (non-hydrogen) atoms. The van der Waals surface area contributed by atoms with Gasteiger partial charge in [0.2, 0.25) is 0 Å². The van der Waals surface area contributed by atoms with E-state index in [1.54, 1.807) is 0 Å². The molecule has 0 aliphatic rings. The van der Waals surface area contributed by atoms with E-state index >= 15 is 0 Å². The molecular formula is C30H23B5N2O. The maximum Gasteiger partial charge on any atom is 0.141 e. The first-order valence-electron chi connectivity index (χ1n) is 13.3. The fourth-order valence-corrected chi connectivity index (χ4v) is 6.73. The number of benzene rings is 5. The van der Waals surface area contributed by atoms with Crippen molar-refractivity contribution in [2.24, 2.45) is 0 Å². The van der Waals surface area contributed by atoms with Crippen molar-refractivity contribution in [2.45, 2.75) is 0 Å². The second-order valence-corrected chi connectivity index (χ2v) is 10.8. The van der Waals surface area contributed by atoms with Crippen LogP contribution in [0.2, 0.25) is 0 Å². The molecule has 8 heteroatoms. The third-order valence-electron chi connectivity index (χ3n) is 9.08. The van der Waals surface area contributed by atoms with E-state index in [4.69, 9.17) is 4.42 Å². The van der Waals surface area contributed by atoms with E-state index in [0.29, 0.717) is 0 Å². The zero-order valence-corrected chi connectivity index (χ0v) is 22.3. The second-order valence-electron chi connectivity index (χ2n) is 10.8. The lowest BCUT2D eigenvalue weighted by atomic mass is 9.61. The van der Waals surface area contributed by atoms with Crippen LogP contribution in [0.3, 0.4) is 0 Å². The highest BCUT2D eigenvalue weighted by Crippen LogP contribution is 2.41. The minimum Gasteiger partial charge on any atom is -0.456 e. The van der Waals surface area contributed by atoms with Gasteiger partial charge in [-0.3, -0.25) is 0 Å². The Balaban J connectivity index is 1.58. The van der Waals surface area contributed by atoms with Crippen molar-refractivity contribution in [3.05, 3.63) is 72.8 Å². The van der Waals surface area contributed by atoms with E-state index < -0.39 is 0 Å². The van der Waals surface area contributed by atoms with E-state index in [1.165, 1.54) is 71.0 Å². The Hall–Kier alpha value is -4.18. The van der Waals surface area contributed by atoms with Gasteiger partial charge in [0.05, 0.1) is 11.0 Å². The van der Waals surface area contributed by atoms with E-state index in [-0.39, 0.29) is 0 Å². The van der Waals surface area contributed by atoms with Gasteiger partial charge in [0.25, 0.3) is 0 Å². The number of aromatic nitrogens is 2. The number of H-pyrrole nitrogens is 1. The molecule has 0 aliphatic carbocycles. The summed E-state index contributed by atoms with van der Waals surface area (Å²) in [6.45, 7) is 0. The van der Waals surface area contributed by atoms with Gasteiger partial charge in [-0.05, 0) is 30.3 Å². The Bertz CT molecular complexity index is 2280. The predicted molar refractivity (Wildman–Crippen MR) is 178 cm³/mol. The Morgan fingerprint density at radius 1 is 0.526 bits per heavy atom. The number of nitrogens with one attached hydrogen (secondary N) is 1. The smallest absolute Gasteiger partial charge is 0.141 e. The number of aromatic amines is 1. The molecule has 0 unspecified atom stereocenters. The number of furan rings is 1. The van der Waals surface area contributed by atoms with Crippen LogP contribution in [0.5, 0.6) is 0 Å². The first-order chi connectivity index (χ1) is 18.4. The van der Waals surface area contributed by atoms with Crippen molar-refractivity contribution in [3.8, 4) is 5.69 Å². The Kier molecular flexibility index (Phi) is 4.28. The Labute approximate surface area is 224 Å². The molecule has 0 saturated heterocycles. The monoisotopic (exact) mass is 482 g/mol. The molecule has 0 bridgehead atoms. The SMILES string of the molecule is Bc1c(B)c(B)c(-n2c3ccccc3c3cc4c(cc32)oc2ccc3[nH]c5ccccc5c3c24)c(B)c1B. The van der Waals surface area contributed by atoms with Gasteiger partial charge in [-0.2, -0.15) is 0 Å². The van der Waals surface area contributed by atoms with Crippen LogP contribution in [0.4, 0.5) is 0 Å². The standard InChI is InChI=1S/C30H23B5N2O/c31-25-26(32)28(34)30(29(35)27(25)33)37-19-8-4-2-5-13(19)15-11-16-22(12-20(15)37)38-21-10-9-18-23(24(16)21)14-6-1-3-7-17(14)36-18/h1-12,36H,31-35H2. The average molecular weight is 482 g/mol. The molecule has 0 fully saturated rings. The molecule has 174 valence electrons. The molecule has 5 aromatic carbocycles. The normalized spacial score (nSPS) is 12.2. The summed E-state index contributed by atoms with van der Waals surface area (Å²) in [5.41, 5.74) is 14.6. The third kappa shape index (κ3) is 2.65. The minimum absolute atomic E-state index is 0.921. The first kappa shape index (κ1) is 21.9. The second kappa shape index (κ2) is 7.44. The van der Waals surface area contributed by atoms with Crippen molar-refractivity contribution in [1.29, 1.82) is 0 Å². The van der Waals surface area contributed by atoms with Crippen LogP contribution >= 0.6 is 0 Å². The van der Waals surface area contributed by atoms with Crippen LogP contribution in [0, 0.1) is 0 Å². The summed E-state index contributed by atoms with van der Waals surface area (Å²) in [7, 11) is 11.3. The largest absolute Gasteiger partial charge is 0.456 e. The number of para-hydroxylation sites is 2. The lowest BCUT2D eigenvalue weighted by Gasteiger charge is -2.22. The molecule has 1 N–H and O–H groups in total. The molecule has 3 aromatic heterocycles.